The molecular weight excluding hydrogens is 495 g/mol. The summed E-state index contributed by atoms with van der Waals surface area (Å²) in [7, 11) is -1.48. The highest BCUT2D eigenvalue weighted by molar-refractivity contribution is 7.99. The van der Waals surface area contributed by atoms with Crippen LogP contribution in [0, 0.1) is 0 Å². The zero-order chi connectivity index (χ0) is 27.1. The van der Waals surface area contributed by atoms with Crippen molar-refractivity contribution in [3.63, 3.8) is 0 Å². The van der Waals surface area contributed by atoms with E-state index in [9.17, 15) is 19.6 Å². The number of aliphatic hydroxyl groups is 1. The molecule has 0 amide bonds. The molecule has 0 saturated heterocycles. The topological polar surface area (TPSA) is 93.1 Å². The Bertz CT molecular complexity index is 538. The minimum absolute atomic E-state index is 0.172. The number of ether oxygens (including phenoxy) is 2. The van der Waals surface area contributed by atoms with Crippen LogP contribution >= 0.6 is 20.2 Å². The molecule has 36 heavy (non-hydrogen) atoms. The summed E-state index contributed by atoms with van der Waals surface area (Å²) in [4.78, 5) is 11.7. The van der Waals surface area contributed by atoms with Crippen molar-refractivity contribution in [2.24, 2.45) is 0 Å². The molecule has 0 spiro atoms. The third-order valence-electron chi connectivity index (χ3n) is 6.58. The average molecular weight is 552 g/mol. The highest BCUT2D eigenvalue weighted by Gasteiger charge is 2.56. The average Bonchev–Trinajstić information content (AvgIpc) is 2.87. The summed E-state index contributed by atoms with van der Waals surface area (Å²) in [6.45, 7) is 8.51. The fourth-order valence-corrected chi connectivity index (χ4v) is 5.86. The number of unbranched alkanes of at least 4 members (excludes halogenated alkanes) is 13. The van der Waals surface area contributed by atoms with Crippen LogP contribution in [-0.2, 0) is 18.8 Å². The Morgan fingerprint density at radius 2 is 1.33 bits per heavy atom. The van der Waals surface area contributed by atoms with Crippen LogP contribution in [-0.4, -0.2) is 51.5 Å². The van der Waals surface area contributed by atoms with Crippen molar-refractivity contribution in [2.75, 3.05) is 12.4 Å². The van der Waals surface area contributed by atoms with Crippen LogP contribution < -0.4 is 0 Å². The SMILES string of the molecule is CCCCCCCCCCSC(CCCCCCCCC)C(C)OC(OCCC)C(O)([PH+]=O)C(=O)O. The Morgan fingerprint density at radius 3 is 1.81 bits per heavy atom. The zero-order valence-electron chi connectivity index (χ0n) is 23.6. The number of carboxylic acid groups (broad SMARTS) is 1. The maximum Gasteiger partial charge on any atom is 0.407 e. The highest BCUT2D eigenvalue weighted by Crippen LogP contribution is 2.32. The minimum Gasteiger partial charge on any atom is -0.476 e. The van der Waals surface area contributed by atoms with Gasteiger partial charge in [-0.3, -0.25) is 0 Å². The van der Waals surface area contributed by atoms with Crippen LogP contribution in [0.1, 0.15) is 137 Å². The molecule has 0 saturated carbocycles. The third-order valence-corrected chi connectivity index (χ3v) is 8.91. The van der Waals surface area contributed by atoms with E-state index in [0.29, 0.717) is 6.42 Å². The van der Waals surface area contributed by atoms with E-state index in [2.05, 4.69) is 13.8 Å². The maximum absolute atomic E-state index is 11.7. The molecule has 0 aliphatic heterocycles. The molecule has 0 aromatic rings. The van der Waals surface area contributed by atoms with Gasteiger partial charge in [-0.05, 0) is 31.9 Å². The Labute approximate surface area is 227 Å². The molecule has 2 N–H and O–H groups in total. The lowest BCUT2D eigenvalue weighted by molar-refractivity contribution is -0.230. The van der Waals surface area contributed by atoms with Gasteiger partial charge in [0, 0.05) is 11.9 Å². The Morgan fingerprint density at radius 1 is 0.833 bits per heavy atom. The van der Waals surface area contributed by atoms with E-state index in [1.807, 2.05) is 25.6 Å². The van der Waals surface area contributed by atoms with Crippen molar-refractivity contribution in [1.29, 1.82) is 0 Å². The molecule has 6 nitrogen and oxygen atoms in total. The highest BCUT2D eigenvalue weighted by atomic mass is 32.2. The van der Waals surface area contributed by atoms with Gasteiger partial charge >= 0.3 is 19.8 Å². The monoisotopic (exact) mass is 551 g/mol. The zero-order valence-corrected chi connectivity index (χ0v) is 25.4. The van der Waals surface area contributed by atoms with E-state index >= 15 is 0 Å². The van der Waals surface area contributed by atoms with Gasteiger partial charge in [0.25, 0.3) is 0 Å². The van der Waals surface area contributed by atoms with Crippen molar-refractivity contribution in [3.8, 4) is 0 Å². The number of carboxylic acids is 1. The molecule has 0 aliphatic carbocycles. The lowest BCUT2D eigenvalue weighted by Crippen LogP contribution is -2.50. The summed E-state index contributed by atoms with van der Waals surface area (Å²) in [5.74, 6) is -0.545. The van der Waals surface area contributed by atoms with Crippen molar-refractivity contribution in [1.82, 2.24) is 0 Å². The van der Waals surface area contributed by atoms with Gasteiger partial charge in [-0.15, -0.1) is 0 Å². The lowest BCUT2D eigenvalue weighted by Gasteiger charge is -2.30. The normalized spacial score (nSPS) is 16.0. The number of thioether (sulfide) groups is 1. The number of aliphatic carboxylic acids is 1. The first-order chi connectivity index (χ1) is 17.4. The van der Waals surface area contributed by atoms with Crippen LogP contribution in [0.2, 0.25) is 0 Å². The van der Waals surface area contributed by atoms with Crippen LogP contribution in [0.5, 0.6) is 0 Å². The largest absolute Gasteiger partial charge is 0.476 e. The molecule has 0 aromatic carbocycles. The molecule has 5 atom stereocenters. The molecule has 214 valence electrons. The lowest BCUT2D eigenvalue weighted by atomic mass is 10.1. The van der Waals surface area contributed by atoms with Crippen LogP contribution in [0.3, 0.4) is 0 Å². The second-order valence-electron chi connectivity index (χ2n) is 10.0. The van der Waals surface area contributed by atoms with E-state index in [4.69, 9.17) is 9.47 Å². The molecule has 8 heteroatoms. The number of hydrogen-bond acceptors (Lipinski definition) is 6. The van der Waals surface area contributed by atoms with E-state index in [1.54, 1.807) is 0 Å². The summed E-state index contributed by atoms with van der Waals surface area (Å²) in [5, 5.41) is 17.6. The predicted octanol–water partition coefficient (Wildman–Crippen LogP) is 8.32. The van der Waals surface area contributed by atoms with Crippen LogP contribution in [0.4, 0.5) is 0 Å². The molecule has 0 bridgehead atoms. The second-order valence-corrected chi connectivity index (χ2v) is 12.3. The van der Waals surface area contributed by atoms with E-state index in [-0.39, 0.29) is 18.0 Å². The van der Waals surface area contributed by atoms with Crippen molar-refractivity contribution >= 4 is 26.2 Å². The summed E-state index contributed by atoms with van der Waals surface area (Å²) >= 11 is 1.88. The fraction of sp³-hybridized carbons (Fsp3) is 0.964. The molecule has 0 rings (SSSR count). The van der Waals surface area contributed by atoms with Crippen LogP contribution in [0.15, 0.2) is 0 Å². The quantitative estimate of drug-likeness (QED) is 0.0602. The Balaban J connectivity index is 4.88. The smallest absolute Gasteiger partial charge is 0.407 e. The van der Waals surface area contributed by atoms with Gasteiger partial charge in [-0.25, -0.2) is 4.79 Å². The standard InChI is InChI=1S/C28H55O6PS/c1-5-8-10-12-14-16-18-20-23-36-25(21-19-17-15-13-11-9-6-2)24(4)34-27(33-22-7-3)28(31,35-32)26(29)30/h24-25,27,31H,5-23H2,1-4H3,(H,29,30)/p+1. The van der Waals surface area contributed by atoms with E-state index in [1.165, 1.54) is 83.5 Å². The maximum atomic E-state index is 11.7. The number of rotatable bonds is 27. The number of carbonyl (C=O) groups is 1. The molecule has 0 aliphatic rings. The summed E-state index contributed by atoms with van der Waals surface area (Å²) in [5.41, 5.74) is 0. The van der Waals surface area contributed by atoms with Crippen molar-refractivity contribution in [2.45, 2.75) is 160 Å². The van der Waals surface area contributed by atoms with E-state index < -0.39 is 26.1 Å². The minimum atomic E-state index is -2.56. The van der Waals surface area contributed by atoms with E-state index in [0.717, 1.165) is 25.0 Å². The summed E-state index contributed by atoms with van der Waals surface area (Å²) in [6, 6.07) is 0. The molecule has 5 unspecified atom stereocenters. The van der Waals surface area contributed by atoms with Crippen LogP contribution in [0.25, 0.3) is 0 Å². The molecule has 0 heterocycles. The molecule has 0 radical (unpaired) electrons. The van der Waals surface area contributed by atoms with Gasteiger partial charge in [0.1, 0.15) is 0 Å². The Kier molecular flexibility index (Phi) is 23.8. The fourth-order valence-electron chi connectivity index (χ4n) is 4.19. The first-order valence-corrected chi connectivity index (χ1v) is 16.6. The first kappa shape index (κ1) is 35.8. The van der Waals surface area contributed by atoms with Gasteiger partial charge < -0.3 is 19.7 Å². The molecular formula is C28H56O6PS+. The number of hydrogen-bond donors (Lipinski definition) is 2. The Hall–Kier alpha value is -0.200. The van der Waals surface area contributed by atoms with Gasteiger partial charge in [0.15, 0.2) is 0 Å². The second kappa shape index (κ2) is 23.9. The van der Waals surface area contributed by atoms with Crippen molar-refractivity contribution in [3.05, 3.63) is 0 Å². The summed E-state index contributed by atoms with van der Waals surface area (Å²) in [6.07, 6.45) is 18.7. The molecule has 0 aromatic heterocycles. The van der Waals surface area contributed by atoms with Crippen molar-refractivity contribution < 1.29 is 29.0 Å². The van der Waals surface area contributed by atoms with Gasteiger partial charge in [-0.2, -0.15) is 11.8 Å². The van der Waals surface area contributed by atoms with Gasteiger partial charge in [0.05, 0.1) is 6.10 Å². The molecule has 0 fully saturated rings. The first-order valence-electron chi connectivity index (χ1n) is 14.6. The van der Waals surface area contributed by atoms with Gasteiger partial charge in [-0.1, -0.05) is 115 Å². The third kappa shape index (κ3) is 16.6. The van der Waals surface area contributed by atoms with Gasteiger partial charge in [0.2, 0.25) is 6.29 Å². The summed E-state index contributed by atoms with van der Waals surface area (Å²) < 4.78 is 23.2. The predicted molar refractivity (Wildman–Crippen MR) is 154 cm³/mol.